The van der Waals surface area contributed by atoms with Crippen molar-refractivity contribution in [2.24, 2.45) is 0 Å². The van der Waals surface area contributed by atoms with E-state index in [4.69, 9.17) is 16.3 Å². The van der Waals surface area contributed by atoms with Gasteiger partial charge in [-0.3, -0.25) is 0 Å². The minimum absolute atomic E-state index is 0.154. The van der Waals surface area contributed by atoms with Crippen LogP contribution in [0.2, 0.25) is 0 Å². The molecule has 1 heterocycles. The number of sulfonamides is 1. The number of rotatable bonds is 6. The summed E-state index contributed by atoms with van der Waals surface area (Å²) < 4.78 is 31.7. The maximum atomic E-state index is 11.9. The molecule has 98 valence electrons. The second kappa shape index (κ2) is 6.15. The number of halogens is 1. The first kappa shape index (κ1) is 14.9. The summed E-state index contributed by atoms with van der Waals surface area (Å²) in [5, 5.41) is 0. The lowest BCUT2D eigenvalue weighted by Gasteiger charge is -2.10. The van der Waals surface area contributed by atoms with E-state index < -0.39 is 10.0 Å². The van der Waals surface area contributed by atoms with Gasteiger partial charge < -0.3 is 4.74 Å². The summed E-state index contributed by atoms with van der Waals surface area (Å²) in [4.78, 5) is 0.881. The molecule has 0 amide bonds. The lowest BCUT2D eigenvalue weighted by molar-refractivity contribution is 0.122. The molecular weight excluding hydrogens is 282 g/mol. The first-order chi connectivity index (χ1) is 7.90. The van der Waals surface area contributed by atoms with Crippen LogP contribution in [0.1, 0.15) is 17.4 Å². The van der Waals surface area contributed by atoms with Crippen LogP contribution in [0.5, 0.6) is 0 Å². The molecule has 1 unspecified atom stereocenters. The number of methoxy groups -OCH3 is 1. The summed E-state index contributed by atoms with van der Waals surface area (Å²) in [5.74, 6) is 0.334. The number of nitrogens with one attached hydrogen (secondary N) is 1. The predicted molar refractivity (Wildman–Crippen MR) is 70.3 cm³/mol. The fourth-order valence-electron chi connectivity index (χ4n) is 1.14. The standard InChI is InChI=1S/C10H16ClNO3S2/c1-7-4-10(16-9(7)5-11)17(13,14)12-6-8(2)15-3/h4,8,12H,5-6H2,1-3H3. The SMILES string of the molecule is COC(C)CNS(=O)(=O)c1cc(C)c(CCl)s1. The van der Waals surface area contributed by atoms with Crippen molar-refractivity contribution in [1.29, 1.82) is 0 Å². The highest BCUT2D eigenvalue weighted by atomic mass is 35.5. The van der Waals surface area contributed by atoms with Crippen LogP contribution >= 0.6 is 22.9 Å². The Hall–Kier alpha value is -0.140. The number of hydrogen-bond acceptors (Lipinski definition) is 4. The van der Waals surface area contributed by atoms with Gasteiger partial charge in [0.1, 0.15) is 4.21 Å². The van der Waals surface area contributed by atoms with E-state index in [0.717, 1.165) is 10.4 Å². The molecule has 0 aliphatic rings. The Morgan fingerprint density at radius 2 is 2.24 bits per heavy atom. The average Bonchev–Trinajstić information content (AvgIpc) is 2.68. The van der Waals surface area contributed by atoms with Crippen LogP contribution in [0.25, 0.3) is 0 Å². The zero-order valence-corrected chi connectivity index (χ0v) is 12.4. The molecule has 0 aromatic carbocycles. The van der Waals surface area contributed by atoms with Crippen LogP contribution in [-0.4, -0.2) is 28.2 Å². The van der Waals surface area contributed by atoms with Crippen molar-refractivity contribution in [3.63, 3.8) is 0 Å². The zero-order valence-electron chi connectivity index (χ0n) is 9.99. The van der Waals surface area contributed by atoms with Crippen molar-refractivity contribution in [2.75, 3.05) is 13.7 Å². The smallest absolute Gasteiger partial charge is 0.250 e. The van der Waals surface area contributed by atoms with Crippen molar-refractivity contribution in [3.8, 4) is 0 Å². The first-order valence-corrected chi connectivity index (χ1v) is 7.92. The van der Waals surface area contributed by atoms with Gasteiger partial charge in [-0.25, -0.2) is 13.1 Å². The molecule has 0 saturated heterocycles. The molecule has 4 nitrogen and oxygen atoms in total. The van der Waals surface area contributed by atoms with Crippen molar-refractivity contribution in [1.82, 2.24) is 4.72 Å². The van der Waals surface area contributed by atoms with Gasteiger partial charge in [0.05, 0.1) is 12.0 Å². The van der Waals surface area contributed by atoms with Gasteiger partial charge in [-0.2, -0.15) is 0 Å². The van der Waals surface area contributed by atoms with E-state index in [1.165, 1.54) is 11.3 Å². The monoisotopic (exact) mass is 297 g/mol. The second-order valence-corrected chi connectivity index (χ2v) is 7.10. The summed E-state index contributed by atoms with van der Waals surface area (Å²) in [6.45, 7) is 3.91. The third-order valence-electron chi connectivity index (χ3n) is 2.35. The largest absolute Gasteiger partial charge is 0.380 e. The van der Waals surface area contributed by atoms with E-state index in [0.29, 0.717) is 10.1 Å². The third kappa shape index (κ3) is 3.93. The molecule has 0 radical (unpaired) electrons. The van der Waals surface area contributed by atoms with Crippen LogP contribution < -0.4 is 4.72 Å². The van der Waals surface area contributed by atoms with Gasteiger partial charge in [-0.05, 0) is 25.5 Å². The van der Waals surface area contributed by atoms with Crippen LogP contribution in [-0.2, 0) is 20.6 Å². The highest BCUT2D eigenvalue weighted by Crippen LogP contribution is 2.27. The van der Waals surface area contributed by atoms with E-state index in [-0.39, 0.29) is 12.6 Å². The van der Waals surface area contributed by atoms with Crippen molar-refractivity contribution < 1.29 is 13.2 Å². The highest BCUT2D eigenvalue weighted by Gasteiger charge is 2.19. The Morgan fingerprint density at radius 3 is 2.71 bits per heavy atom. The number of ether oxygens (including phenoxy) is 1. The van der Waals surface area contributed by atoms with E-state index in [2.05, 4.69) is 4.72 Å². The predicted octanol–water partition coefficient (Wildman–Crippen LogP) is 2.11. The Kier molecular flexibility index (Phi) is 5.40. The summed E-state index contributed by atoms with van der Waals surface area (Å²) >= 11 is 6.92. The van der Waals surface area contributed by atoms with Gasteiger partial charge in [-0.15, -0.1) is 22.9 Å². The Morgan fingerprint density at radius 1 is 1.59 bits per heavy atom. The van der Waals surface area contributed by atoms with E-state index >= 15 is 0 Å². The van der Waals surface area contributed by atoms with Gasteiger partial charge in [-0.1, -0.05) is 0 Å². The fourth-order valence-corrected chi connectivity index (χ4v) is 4.11. The molecule has 17 heavy (non-hydrogen) atoms. The van der Waals surface area contributed by atoms with Gasteiger partial charge in [0.2, 0.25) is 10.0 Å². The Labute approximate surface area is 111 Å². The Balaban J connectivity index is 2.82. The summed E-state index contributed by atoms with van der Waals surface area (Å²) in [6.07, 6.45) is -0.154. The van der Waals surface area contributed by atoms with Gasteiger partial charge in [0.25, 0.3) is 0 Å². The van der Waals surface area contributed by atoms with E-state index in [1.54, 1.807) is 20.1 Å². The molecule has 0 fully saturated rings. The molecule has 0 aliphatic heterocycles. The maximum absolute atomic E-state index is 11.9. The minimum Gasteiger partial charge on any atom is -0.380 e. The van der Waals surface area contributed by atoms with Crippen LogP contribution in [0.4, 0.5) is 0 Å². The molecule has 1 rings (SSSR count). The zero-order chi connectivity index (χ0) is 13.1. The lowest BCUT2D eigenvalue weighted by Crippen LogP contribution is -2.31. The van der Waals surface area contributed by atoms with Crippen LogP contribution in [0, 0.1) is 6.92 Å². The molecule has 0 saturated carbocycles. The number of hydrogen-bond donors (Lipinski definition) is 1. The van der Waals surface area contributed by atoms with Crippen molar-refractivity contribution >= 4 is 33.0 Å². The minimum atomic E-state index is -3.45. The molecule has 1 aromatic heterocycles. The number of thiophene rings is 1. The Bertz CT molecular complexity index is 470. The average molecular weight is 298 g/mol. The molecule has 1 atom stereocenters. The quantitative estimate of drug-likeness (QED) is 0.818. The molecule has 1 N–H and O–H groups in total. The molecule has 7 heteroatoms. The third-order valence-corrected chi connectivity index (χ3v) is 5.91. The highest BCUT2D eigenvalue weighted by molar-refractivity contribution is 7.91. The lowest BCUT2D eigenvalue weighted by atomic mass is 10.3. The second-order valence-electron chi connectivity index (χ2n) is 3.70. The molecule has 0 spiro atoms. The fraction of sp³-hybridized carbons (Fsp3) is 0.600. The summed E-state index contributed by atoms with van der Waals surface area (Å²) in [5.41, 5.74) is 0.908. The summed E-state index contributed by atoms with van der Waals surface area (Å²) in [6, 6.07) is 1.64. The normalized spacial score (nSPS) is 13.9. The summed E-state index contributed by atoms with van der Waals surface area (Å²) in [7, 11) is -1.91. The maximum Gasteiger partial charge on any atom is 0.250 e. The van der Waals surface area contributed by atoms with Crippen LogP contribution in [0.3, 0.4) is 0 Å². The van der Waals surface area contributed by atoms with Gasteiger partial charge >= 0.3 is 0 Å². The molecular formula is C10H16ClNO3S2. The number of alkyl halides is 1. The number of aryl methyl sites for hydroxylation is 1. The van der Waals surface area contributed by atoms with Gasteiger partial charge in [0, 0.05) is 18.5 Å². The van der Waals surface area contributed by atoms with E-state index in [1.807, 2.05) is 6.92 Å². The first-order valence-electron chi connectivity index (χ1n) is 5.08. The topological polar surface area (TPSA) is 55.4 Å². The van der Waals surface area contributed by atoms with Crippen LogP contribution in [0.15, 0.2) is 10.3 Å². The molecule has 1 aromatic rings. The molecule has 0 aliphatic carbocycles. The molecule has 0 bridgehead atoms. The van der Waals surface area contributed by atoms with Crippen molar-refractivity contribution in [3.05, 3.63) is 16.5 Å². The van der Waals surface area contributed by atoms with Gasteiger partial charge in [0.15, 0.2) is 0 Å². The van der Waals surface area contributed by atoms with E-state index in [9.17, 15) is 8.42 Å². The van der Waals surface area contributed by atoms with Crippen molar-refractivity contribution in [2.45, 2.75) is 30.0 Å².